The van der Waals surface area contributed by atoms with Crippen molar-refractivity contribution in [1.82, 2.24) is 5.32 Å². The smallest absolute Gasteiger partial charge is 0.341 e. The third-order valence-electron chi connectivity index (χ3n) is 1.51. The van der Waals surface area contributed by atoms with Crippen LogP contribution in [0.5, 0.6) is 0 Å². The van der Waals surface area contributed by atoms with Gasteiger partial charge in [-0.25, -0.2) is 4.79 Å². The van der Waals surface area contributed by atoms with Crippen LogP contribution in [0.1, 0.15) is 10.4 Å². The second-order valence-electron chi connectivity index (χ2n) is 2.54. The molecule has 0 bridgehead atoms. The lowest BCUT2D eigenvalue weighted by molar-refractivity contribution is -0.137. The highest BCUT2D eigenvalue weighted by atomic mass is 35.5. The second-order valence-corrected chi connectivity index (χ2v) is 2.98. The summed E-state index contributed by atoms with van der Waals surface area (Å²) in [5.74, 6) is -1.79. The van der Waals surface area contributed by atoms with Gasteiger partial charge in [-0.15, -0.1) is 0 Å². The van der Waals surface area contributed by atoms with Gasteiger partial charge >= 0.3 is 5.97 Å². The molecule has 0 heterocycles. The Bertz CT molecular complexity index is 339. The Morgan fingerprint density at radius 3 is 2.36 bits per heavy atom. The number of hydrogen-bond donors (Lipinski definition) is 2. The van der Waals surface area contributed by atoms with Gasteiger partial charge in [0.05, 0.1) is 0 Å². The van der Waals surface area contributed by atoms with Crippen LogP contribution in [0.4, 0.5) is 0 Å². The van der Waals surface area contributed by atoms with Gasteiger partial charge in [-0.2, -0.15) is 0 Å². The van der Waals surface area contributed by atoms with E-state index in [4.69, 9.17) is 16.7 Å². The van der Waals surface area contributed by atoms with Crippen LogP contribution < -0.4 is 5.32 Å². The number of carbonyl (C=O) groups is 2. The summed E-state index contributed by atoms with van der Waals surface area (Å²) in [7, 11) is 0. The Morgan fingerprint density at radius 1 is 1.29 bits per heavy atom. The Morgan fingerprint density at radius 2 is 1.86 bits per heavy atom. The van der Waals surface area contributed by atoms with Gasteiger partial charge in [0.2, 0.25) is 5.50 Å². The summed E-state index contributed by atoms with van der Waals surface area (Å²) in [5.41, 5.74) is -1.03. The van der Waals surface area contributed by atoms with Crippen LogP contribution in [0.25, 0.3) is 0 Å². The van der Waals surface area contributed by atoms with E-state index in [-0.39, 0.29) is 0 Å². The molecular formula is C9H8ClNO3. The van der Waals surface area contributed by atoms with E-state index < -0.39 is 17.4 Å². The van der Waals surface area contributed by atoms with Crippen molar-refractivity contribution in [3.05, 3.63) is 35.9 Å². The molecule has 1 rings (SSSR count). The number of rotatable bonds is 3. The summed E-state index contributed by atoms with van der Waals surface area (Å²) in [6, 6.07) is 8.26. The van der Waals surface area contributed by atoms with Crippen LogP contribution in [0.15, 0.2) is 30.3 Å². The average Bonchev–Trinajstić information content (AvgIpc) is 2.19. The van der Waals surface area contributed by atoms with Crippen LogP contribution in [-0.4, -0.2) is 22.5 Å². The van der Waals surface area contributed by atoms with E-state index in [1.807, 2.05) is 0 Å². The van der Waals surface area contributed by atoms with Gasteiger partial charge in [-0.1, -0.05) is 29.8 Å². The van der Waals surface area contributed by atoms with Crippen molar-refractivity contribution in [3.8, 4) is 0 Å². The highest BCUT2D eigenvalue weighted by Gasteiger charge is 2.16. The van der Waals surface area contributed by atoms with Crippen LogP contribution in [0.2, 0.25) is 0 Å². The fourth-order valence-electron chi connectivity index (χ4n) is 0.850. The number of aliphatic carboxylic acids is 1. The molecule has 1 atom stereocenters. The second kappa shape index (κ2) is 4.62. The van der Waals surface area contributed by atoms with Crippen molar-refractivity contribution in [3.63, 3.8) is 0 Å². The molecule has 4 nitrogen and oxygen atoms in total. The lowest BCUT2D eigenvalue weighted by Gasteiger charge is -2.06. The zero-order valence-corrected chi connectivity index (χ0v) is 7.86. The van der Waals surface area contributed by atoms with Gasteiger partial charge in [-0.3, -0.25) is 4.79 Å². The van der Waals surface area contributed by atoms with E-state index in [2.05, 4.69) is 5.32 Å². The Balaban J connectivity index is 2.64. The fourth-order valence-corrected chi connectivity index (χ4v) is 0.949. The number of carboxylic acids is 1. The van der Waals surface area contributed by atoms with Crippen molar-refractivity contribution in [2.24, 2.45) is 0 Å². The molecule has 74 valence electrons. The first-order chi connectivity index (χ1) is 6.61. The molecule has 0 spiro atoms. The predicted molar refractivity (Wildman–Crippen MR) is 51.2 cm³/mol. The quantitative estimate of drug-likeness (QED) is 0.583. The fraction of sp³-hybridized carbons (Fsp3) is 0.111. The Labute approximate surface area is 85.5 Å². The average molecular weight is 214 g/mol. The monoisotopic (exact) mass is 213 g/mol. The van der Waals surface area contributed by atoms with E-state index in [0.29, 0.717) is 5.56 Å². The van der Waals surface area contributed by atoms with E-state index in [9.17, 15) is 9.59 Å². The maximum atomic E-state index is 11.3. The summed E-state index contributed by atoms with van der Waals surface area (Å²) in [4.78, 5) is 21.6. The number of alkyl halides is 1. The molecule has 14 heavy (non-hydrogen) atoms. The standard InChI is InChI=1S/C9H8ClNO3/c10-7(9(13)14)11-8(12)6-4-2-1-3-5-6/h1-5,7H,(H,11,12)(H,13,14). The summed E-state index contributed by atoms with van der Waals surface area (Å²) in [6.07, 6.45) is 0. The minimum Gasteiger partial charge on any atom is -0.479 e. The molecule has 2 N–H and O–H groups in total. The third-order valence-corrected chi connectivity index (χ3v) is 1.81. The summed E-state index contributed by atoms with van der Waals surface area (Å²) in [5, 5.41) is 10.6. The van der Waals surface area contributed by atoms with E-state index >= 15 is 0 Å². The molecule has 0 radical (unpaired) electrons. The number of halogens is 1. The molecule has 0 aliphatic carbocycles. The minimum absolute atomic E-state index is 0.374. The number of hydrogen-bond acceptors (Lipinski definition) is 2. The topological polar surface area (TPSA) is 66.4 Å². The molecule has 0 saturated heterocycles. The van der Waals surface area contributed by atoms with E-state index in [0.717, 1.165) is 0 Å². The summed E-state index contributed by atoms with van der Waals surface area (Å²) < 4.78 is 0. The van der Waals surface area contributed by atoms with Gasteiger partial charge < -0.3 is 10.4 Å². The molecule has 1 amide bonds. The van der Waals surface area contributed by atoms with Gasteiger partial charge in [0.1, 0.15) is 0 Å². The maximum absolute atomic E-state index is 11.3. The van der Waals surface area contributed by atoms with Crippen LogP contribution in [0.3, 0.4) is 0 Å². The van der Waals surface area contributed by atoms with Crippen LogP contribution >= 0.6 is 11.6 Å². The minimum atomic E-state index is -1.40. The lowest BCUT2D eigenvalue weighted by Crippen LogP contribution is -2.36. The zero-order valence-electron chi connectivity index (χ0n) is 7.11. The first kappa shape index (κ1) is 10.5. The van der Waals surface area contributed by atoms with E-state index in [1.54, 1.807) is 30.3 Å². The molecule has 1 aromatic rings. The van der Waals surface area contributed by atoms with Crippen molar-refractivity contribution >= 4 is 23.5 Å². The highest BCUT2D eigenvalue weighted by molar-refractivity contribution is 6.30. The predicted octanol–water partition coefficient (Wildman–Crippen LogP) is 1.07. The SMILES string of the molecule is O=C(NC(Cl)C(=O)O)c1ccccc1. The first-order valence-electron chi connectivity index (χ1n) is 3.84. The van der Waals surface area contributed by atoms with Crippen molar-refractivity contribution < 1.29 is 14.7 Å². The Kier molecular flexibility index (Phi) is 3.48. The third kappa shape index (κ3) is 2.74. The van der Waals surface area contributed by atoms with E-state index in [1.165, 1.54) is 0 Å². The molecule has 1 aromatic carbocycles. The van der Waals surface area contributed by atoms with Crippen molar-refractivity contribution in [1.29, 1.82) is 0 Å². The van der Waals surface area contributed by atoms with Gasteiger partial charge in [0.25, 0.3) is 5.91 Å². The number of nitrogens with one attached hydrogen (secondary N) is 1. The molecule has 0 fully saturated rings. The largest absolute Gasteiger partial charge is 0.479 e. The first-order valence-corrected chi connectivity index (χ1v) is 4.27. The molecule has 0 aromatic heterocycles. The number of benzene rings is 1. The van der Waals surface area contributed by atoms with Crippen molar-refractivity contribution in [2.45, 2.75) is 5.50 Å². The number of carboxylic acid groups (broad SMARTS) is 1. The van der Waals surface area contributed by atoms with Crippen LogP contribution in [0, 0.1) is 0 Å². The highest BCUT2D eigenvalue weighted by Crippen LogP contribution is 2.00. The molecular weight excluding hydrogens is 206 g/mol. The molecule has 0 aliphatic rings. The van der Waals surface area contributed by atoms with Gasteiger partial charge in [0, 0.05) is 5.56 Å². The summed E-state index contributed by atoms with van der Waals surface area (Å²) in [6.45, 7) is 0. The zero-order chi connectivity index (χ0) is 10.6. The number of carbonyl (C=O) groups excluding carboxylic acids is 1. The van der Waals surface area contributed by atoms with Crippen LogP contribution in [-0.2, 0) is 4.79 Å². The van der Waals surface area contributed by atoms with Gasteiger partial charge in [0.15, 0.2) is 0 Å². The maximum Gasteiger partial charge on any atom is 0.341 e. The molecule has 0 saturated carbocycles. The molecule has 1 unspecified atom stereocenters. The van der Waals surface area contributed by atoms with Crippen molar-refractivity contribution in [2.75, 3.05) is 0 Å². The number of amides is 1. The Hall–Kier alpha value is -1.55. The van der Waals surface area contributed by atoms with Gasteiger partial charge in [-0.05, 0) is 12.1 Å². The molecule has 0 aliphatic heterocycles. The lowest BCUT2D eigenvalue weighted by atomic mass is 10.2. The summed E-state index contributed by atoms with van der Waals surface area (Å²) >= 11 is 5.33. The normalized spacial score (nSPS) is 11.8. The molecule has 5 heteroatoms.